The van der Waals surface area contributed by atoms with E-state index in [1.54, 1.807) is 27.7 Å². The second-order valence-electron chi connectivity index (χ2n) is 2.53. The van der Waals surface area contributed by atoms with Gasteiger partial charge in [0, 0.05) is 12.7 Å². The van der Waals surface area contributed by atoms with Crippen LogP contribution in [0, 0.1) is 0 Å². The highest BCUT2D eigenvalue weighted by Crippen LogP contribution is 2.37. The number of carbonyl (C=O) groups is 1. The Morgan fingerprint density at radius 1 is 1.43 bits per heavy atom. The third kappa shape index (κ3) is 3.64. The zero-order valence-corrected chi connectivity index (χ0v) is 9.78. The van der Waals surface area contributed by atoms with E-state index >= 15 is 0 Å². The Morgan fingerprint density at radius 2 is 2.14 bits per heavy atom. The molecule has 0 aliphatic carbocycles. The van der Waals surface area contributed by atoms with Crippen molar-refractivity contribution < 1.29 is 9.53 Å². The van der Waals surface area contributed by atoms with Crippen molar-refractivity contribution in [1.29, 1.82) is 0 Å². The van der Waals surface area contributed by atoms with Crippen molar-refractivity contribution in [3.8, 4) is 5.75 Å². The summed E-state index contributed by atoms with van der Waals surface area (Å²) in [5.74, 6) is 1.39. The first kappa shape index (κ1) is 11.5. The van der Waals surface area contributed by atoms with Crippen molar-refractivity contribution in [1.82, 2.24) is 0 Å². The lowest BCUT2D eigenvalue weighted by molar-refractivity contribution is -0.132. The van der Waals surface area contributed by atoms with Crippen LogP contribution in [0.1, 0.15) is 13.8 Å². The van der Waals surface area contributed by atoms with Crippen molar-refractivity contribution in [2.45, 2.75) is 18.7 Å². The molecule has 2 nitrogen and oxygen atoms in total. The zero-order chi connectivity index (χ0) is 10.4. The number of ether oxygens (including phenoxy) is 1. The lowest BCUT2D eigenvalue weighted by Gasteiger charge is -2.06. The fraction of sp³-hybridized carbons (Fsp3) is 0.300. The molecule has 0 aliphatic heterocycles. The predicted molar refractivity (Wildman–Crippen MR) is 61.7 cm³/mol. The molecule has 0 N–H and O–H groups in total. The van der Waals surface area contributed by atoms with Crippen molar-refractivity contribution in [2.75, 3.05) is 5.75 Å². The van der Waals surface area contributed by atoms with Gasteiger partial charge in [-0.05, 0) is 12.1 Å². The first-order chi connectivity index (χ1) is 6.74. The van der Waals surface area contributed by atoms with E-state index in [2.05, 4.69) is 6.92 Å². The Morgan fingerprint density at radius 3 is 2.79 bits per heavy atom. The Kier molecular flexibility index (Phi) is 4.90. The topological polar surface area (TPSA) is 26.3 Å². The number of rotatable bonds is 4. The molecule has 0 fully saturated rings. The highest BCUT2D eigenvalue weighted by atomic mass is 33.1. The number of hydrogen-bond donors (Lipinski definition) is 0. The van der Waals surface area contributed by atoms with E-state index in [1.165, 1.54) is 6.92 Å². The summed E-state index contributed by atoms with van der Waals surface area (Å²) in [6.07, 6.45) is 0. The average Bonchev–Trinajstić information content (AvgIpc) is 2.16. The van der Waals surface area contributed by atoms with Gasteiger partial charge in [0.15, 0.2) is 0 Å². The van der Waals surface area contributed by atoms with Gasteiger partial charge in [0.1, 0.15) is 5.75 Å². The molecule has 4 heteroatoms. The van der Waals surface area contributed by atoms with Crippen molar-refractivity contribution >= 4 is 27.6 Å². The highest BCUT2D eigenvalue weighted by Gasteiger charge is 2.05. The number of esters is 1. The predicted octanol–water partition coefficient (Wildman–Crippen LogP) is 3.37. The summed E-state index contributed by atoms with van der Waals surface area (Å²) in [6, 6.07) is 7.55. The van der Waals surface area contributed by atoms with Crippen LogP contribution >= 0.6 is 21.6 Å². The fourth-order valence-electron chi connectivity index (χ4n) is 0.881. The second-order valence-corrected chi connectivity index (χ2v) is 5.16. The lowest BCUT2D eigenvalue weighted by Crippen LogP contribution is -2.01. The standard InChI is InChI=1S/C10H12O2S2/c1-3-13-14-10-7-5-4-6-9(10)12-8(2)11/h4-7H,3H2,1-2H3. The molecule has 0 aromatic heterocycles. The van der Waals surface area contributed by atoms with Crippen LogP contribution < -0.4 is 4.74 Å². The highest BCUT2D eigenvalue weighted by molar-refractivity contribution is 8.76. The van der Waals surface area contributed by atoms with Crippen LogP contribution in [0.2, 0.25) is 0 Å². The van der Waals surface area contributed by atoms with Gasteiger partial charge in [-0.2, -0.15) is 0 Å². The molecule has 0 heterocycles. The SMILES string of the molecule is CCSSc1ccccc1OC(C)=O. The van der Waals surface area contributed by atoms with Gasteiger partial charge < -0.3 is 4.74 Å². The maximum atomic E-state index is 10.8. The van der Waals surface area contributed by atoms with E-state index in [9.17, 15) is 4.79 Å². The van der Waals surface area contributed by atoms with Gasteiger partial charge in [0.2, 0.25) is 0 Å². The van der Waals surface area contributed by atoms with E-state index in [0.717, 1.165) is 10.6 Å². The molecule has 0 atom stereocenters. The van der Waals surface area contributed by atoms with Gasteiger partial charge in [-0.3, -0.25) is 4.79 Å². The average molecular weight is 228 g/mol. The van der Waals surface area contributed by atoms with Gasteiger partial charge in [-0.25, -0.2) is 0 Å². The molecule has 1 aromatic carbocycles. The molecule has 0 radical (unpaired) electrons. The first-order valence-electron chi connectivity index (χ1n) is 4.31. The molecular weight excluding hydrogens is 216 g/mol. The normalized spacial score (nSPS) is 9.86. The van der Waals surface area contributed by atoms with Crippen LogP contribution in [-0.2, 0) is 4.79 Å². The number of para-hydroxylation sites is 1. The number of hydrogen-bond acceptors (Lipinski definition) is 4. The molecule has 0 saturated heterocycles. The van der Waals surface area contributed by atoms with E-state index in [0.29, 0.717) is 5.75 Å². The molecule has 76 valence electrons. The summed E-state index contributed by atoms with van der Waals surface area (Å²) in [5, 5.41) is 0. The Labute approximate surface area is 91.8 Å². The van der Waals surface area contributed by atoms with E-state index < -0.39 is 0 Å². The molecule has 0 saturated carbocycles. The Bertz CT molecular complexity index is 313. The third-order valence-corrected chi connectivity index (χ3v) is 3.84. The number of benzene rings is 1. The minimum atomic E-state index is -0.278. The minimum absolute atomic E-state index is 0.278. The Balaban J connectivity index is 2.74. The van der Waals surface area contributed by atoms with Crippen LogP contribution in [-0.4, -0.2) is 11.7 Å². The molecule has 0 spiro atoms. The van der Waals surface area contributed by atoms with Gasteiger partial charge in [0.25, 0.3) is 0 Å². The van der Waals surface area contributed by atoms with E-state index in [-0.39, 0.29) is 5.97 Å². The van der Waals surface area contributed by atoms with Crippen LogP contribution in [0.25, 0.3) is 0 Å². The van der Waals surface area contributed by atoms with Gasteiger partial charge in [0.05, 0.1) is 4.90 Å². The number of carbonyl (C=O) groups excluding carboxylic acids is 1. The maximum absolute atomic E-state index is 10.8. The quantitative estimate of drug-likeness (QED) is 0.448. The van der Waals surface area contributed by atoms with Crippen molar-refractivity contribution in [2.24, 2.45) is 0 Å². The maximum Gasteiger partial charge on any atom is 0.308 e. The van der Waals surface area contributed by atoms with Crippen LogP contribution in [0.15, 0.2) is 29.2 Å². The minimum Gasteiger partial charge on any atom is -0.425 e. The summed E-state index contributed by atoms with van der Waals surface area (Å²) >= 11 is 0. The molecule has 0 bridgehead atoms. The van der Waals surface area contributed by atoms with Crippen LogP contribution in [0.4, 0.5) is 0 Å². The Hall–Kier alpha value is -0.610. The van der Waals surface area contributed by atoms with Gasteiger partial charge in [-0.15, -0.1) is 0 Å². The van der Waals surface area contributed by atoms with Gasteiger partial charge in [-0.1, -0.05) is 40.6 Å². The summed E-state index contributed by atoms with van der Waals surface area (Å²) in [4.78, 5) is 11.8. The molecule has 0 aliphatic rings. The van der Waals surface area contributed by atoms with Gasteiger partial charge >= 0.3 is 5.97 Å². The fourth-order valence-corrected chi connectivity index (χ4v) is 2.60. The largest absolute Gasteiger partial charge is 0.425 e. The summed E-state index contributed by atoms with van der Waals surface area (Å²) < 4.78 is 5.07. The molecule has 14 heavy (non-hydrogen) atoms. The molecule has 0 amide bonds. The smallest absolute Gasteiger partial charge is 0.308 e. The van der Waals surface area contributed by atoms with Crippen LogP contribution in [0.5, 0.6) is 5.75 Å². The summed E-state index contributed by atoms with van der Waals surface area (Å²) in [5.41, 5.74) is 0. The zero-order valence-electron chi connectivity index (χ0n) is 8.15. The monoisotopic (exact) mass is 228 g/mol. The molecule has 0 unspecified atom stereocenters. The summed E-state index contributed by atoms with van der Waals surface area (Å²) in [7, 11) is 3.36. The molecule has 1 rings (SSSR count). The lowest BCUT2D eigenvalue weighted by atomic mass is 10.3. The van der Waals surface area contributed by atoms with E-state index in [4.69, 9.17) is 4.74 Å². The summed E-state index contributed by atoms with van der Waals surface area (Å²) in [6.45, 7) is 3.50. The van der Waals surface area contributed by atoms with E-state index in [1.807, 2.05) is 18.2 Å². The van der Waals surface area contributed by atoms with Crippen molar-refractivity contribution in [3.63, 3.8) is 0 Å². The van der Waals surface area contributed by atoms with Crippen molar-refractivity contribution in [3.05, 3.63) is 24.3 Å². The molecular formula is C10H12O2S2. The first-order valence-corrected chi connectivity index (χ1v) is 6.63. The second kappa shape index (κ2) is 5.98. The molecule has 1 aromatic rings. The third-order valence-electron chi connectivity index (χ3n) is 1.37. The van der Waals surface area contributed by atoms with Crippen LogP contribution in [0.3, 0.4) is 0 Å².